The molecule has 0 saturated carbocycles. The van der Waals surface area contributed by atoms with Crippen LogP contribution in [0.3, 0.4) is 0 Å². The zero-order valence-corrected chi connectivity index (χ0v) is 9.46. The number of likely N-dealkylation sites (N-methyl/N-ethyl adjacent to an activating group) is 1. The number of Topliss-reactive ketones (excluding diaryl/α,β-unsaturated/α-hetero) is 1. The van der Waals surface area contributed by atoms with E-state index in [1.165, 1.54) is 0 Å². The van der Waals surface area contributed by atoms with Crippen molar-refractivity contribution in [1.82, 2.24) is 10.2 Å². The second-order valence-electron chi connectivity index (χ2n) is 3.60. The van der Waals surface area contributed by atoms with Gasteiger partial charge in [0.05, 0.1) is 6.54 Å². The molecule has 0 aromatic carbocycles. The van der Waals surface area contributed by atoms with Crippen LogP contribution >= 0.6 is 0 Å². The van der Waals surface area contributed by atoms with E-state index >= 15 is 0 Å². The minimum absolute atomic E-state index is 0.0146. The highest BCUT2D eigenvalue weighted by Crippen LogP contribution is 1.98. The topological polar surface area (TPSA) is 49.4 Å². The first-order valence-corrected chi connectivity index (χ1v) is 4.93. The third-order valence-electron chi connectivity index (χ3n) is 2.12. The lowest BCUT2D eigenvalue weighted by molar-refractivity contribution is -0.125. The first-order chi connectivity index (χ1) is 6.51. The highest BCUT2D eigenvalue weighted by Gasteiger charge is 2.14. The Morgan fingerprint density at radius 1 is 1.43 bits per heavy atom. The lowest BCUT2D eigenvalue weighted by atomic mass is 10.1. The van der Waals surface area contributed by atoms with Crippen molar-refractivity contribution in [1.29, 1.82) is 0 Å². The van der Waals surface area contributed by atoms with E-state index in [0.29, 0.717) is 19.5 Å². The zero-order valence-electron chi connectivity index (χ0n) is 9.46. The maximum atomic E-state index is 11.2. The zero-order chi connectivity index (χ0) is 11.1. The van der Waals surface area contributed by atoms with Gasteiger partial charge in [-0.3, -0.25) is 14.5 Å². The van der Waals surface area contributed by atoms with Gasteiger partial charge in [0.1, 0.15) is 5.78 Å². The Kier molecular flexibility index (Phi) is 6.12. The summed E-state index contributed by atoms with van der Waals surface area (Å²) < 4.78 is 0. The molecule has 1 atom stereocenters. The number of hydrogen-bond acceptors (Lipinski definition) is 3. The van der Waals surface area contributed by atoms with Crippen LogP contribution in [0.4, 0.5) is 0 Å². The molecule has 1 N–H and O–H groups in total. The van der Waals surface area contributed by atoms with E-state index in [4.69, 9.17) is 0 Å². The van der Waals surface area contributed by atoms with Gasteiger partial charge in [0.25, 0.3) is 0 Å². The number of nitrogens with one attached hydrogen (secondary N) is 1. The van der Waals surface area contributed by atoms with Gasteiger partial charge in [-0.05, 0) is 7.05 Å². The Bertz CT molecular complexity index is 204. The lowest BCUT2D eigenvalue weighted by Crippen LogP contribution is -2.36. The number of hydrogen-bond donors (Lipinski definition) is 1. The fourth-order valence-electron chi connectivity index (χ4n) is 1.27. The molecule has 14 heavy (non-hydrogen) atoms. The Morgan fingerprint density at radius 3 is 2.43 bits per heavy atom. The van der Waals surface area contributed by atoms with Crippen LogP contribution in [0.15, 0.2) is 0 Å². The molecular formula is C10H20N2O2. The van der Waals surface area contributed by atoms with E-state index < -0.39 is 0 Å². The summed E-state index contributed by atoms with van der Waals surface area (Å²) in [6, 6.07) is 0. The second-order valence-corrected chi connectivity index (χ2v) is 3.60. The smallest absolute Gasteiger partial charge is 0.223 e. The molecule has 0 spiro atoms. The highest BCUT2D eigenvalue weighted by molar-refractivity contribution is 5.80. The van der Waals surface area contributed by atoms with Crippen LogP contribution in [0.5, 0.6) is 0 Å². The normalized spacial score (nSPS) is 12.6. The lowest BCUT2D eigenvalue weighted by Gasteiger charge is -2.19. The number of carbonyl (C=O) groups excluding carboxylic acids is 2. The quantitative estimate of drug-likeness (QED) is 0.670. The molecule has 4 nitrogen and oxygen atoms in total. The standard InChI is InChI=1S/C10H20N2O2/c1-5-9(13)7-12(4)6-8(2)10(14)11-3/h8H,5-7H2,1-4H3,(H,11,14). The van der Waals surface area contributed by atoms with Gasteiger partial charge in [0.15, 0.2) is 0 Å². The van der Waals surface area contributed by atoms with E-state index in [1.807, 2.05) is 25.8 Å². The molecule has 0 aromatic rings. The Morgan fingerprint density at radius 2 is 2.00 bits per heavy atom. The molecular weight excluding hydrogens is 180 g/mol. The van der Waals surface area contributed by atoms with E-state index in [9.17, 15) is 9.59 Å². The Balaban J connectivity index is 3.87. The minimum Gasteiger partial charge on any atom is -0.359 e. The SMILES string of the molecule is CCC(=O)CN(C)CC(C)C(=O)NC. The predicted molar refractivity (Wildman–Crippen MR) is 56.0 cm³/mol. The van der Waals surface area contributed by atoms with Gasteiger partial charge in [-0.2, -0.15) is 0 Å². The average molecular weight is 200 g/mol. The maximum Gasteiger partial charge on any atom is 0.223 e. The van der Waals surface area contributed by atoms with Crippen molar-refractivity contribution in [3.05, 3.63) is 0 Å². The first kappa shape index (κ1) is 13.1. The van der Waals surface area contributed by atoms with E-state index in [2.05, 4.69) is 5.32 Å². The van der Waals surface area contributed by atoms with Gasteiger partial charge in [-0.1, -0.05) is 13.8 Å². The van der Waals surface area contributed by atoms with Crippen molar-refractivity contribution >= 4 is 11.7 Å². The molecule has 0 aliphatic heterocycles. The minimum atomic E-state index is -0.0744. The van der Waals surface area contributed by atoms with E-state index in [0.717, 1.165) is 0 Å². The van der Waals surface area contributed by atoms with Gasteiger partial charge in [0, 0.05) is 25.9 Å². The predicted octanol–water partition coefficient (Wildman–Crippen LogP) is 0.279. The molecule has 0 saturated heterocycles. The van der Waals surface area contributed by atoms with E-state index in [1.54, 1.807) is 7.05 Å². The van der Waals surface area contributed by atoms with Gasteiger partial charge >= 0.3 is 0 Å². The molecule has 0 heterocycles. The molecule has 0 aliphatic carbocycles. The van der Waals surface area contributed by atoms with Crippen molar-refractivity contribution < 1.29 is 9.59 Å². The number of ketones is 1. The van der Waals surface area contributed by atoms with Crippen LogP contribution in [-0.2, 0) is 9.59 Å². The number of amides is 1. The van der Waals surface area contributed by atoms with Crippen molar-refractivity contribution in [3.8, 4) is 0 Å². The largest absolute Gasteiger partial charge is 0.359 e. The van der Waals surface area contributed by atoms with Gasteiger partial charge < -0.3 is 5.32 Å². The summed E-state index contributed by atoms with van der Waals surface area (Å²) in [4.78, 5) is 24.2. The molecule has 0 rings (SSSR count). The van der Waals surface area contributed by atoms with Crippen molar-refractivity contribution in [3.63, 3.8) is 0 Å². The Hall–Kier alpha value is -0.900. The number of carbonyl (C=O) groups is 2. The molecule has 0 fully saturated rings. The monoisotopic (exact) mass is 200 g/mol. The highest BCUT2D eigenvalue weighted by atomic mass is 16.1. The maximum absolute atomic E-state index is 11.2. The van der Waals surface area contributed by atoms with Crippen molar-refractivity contribution in [2.24, 2.45) is 5.92 Å². The van der Waals surface area contributed by atoms with Gasteiger partial charge in [-0.15, -0.1) is 0 Å². The number of nitrogens with zero attached hydrogens (tertiary/aromatic N) is 1. The Labute approximate surface area is 85.7 Å². The summed E-state index contributed by atoms with van der Waals surface area (Å²) in [5.41, 5.74) is 0. The summed E-state index contributed by atoms with van der Waals surface area (Å²) >= 11 is 0. The fraction of sp³-hybridized carbons (Fsp3) is 0.800. The second kappa shape index (κ2) is 6.54. The molecule has 0 radical (unpaired) electrons. The van der Waals surface area contributed by atoms with Crippen molar-refractivity contribution in [2.75, 3.05) is 27.2 Å². The third kappa shape index (κ3) is 4.97. The summed E-state index contributed by atoms with van der Waals surface area (Å²) in [7, 11) is 3.48. The van der Waals surface area contributed by atoms with Crippen LogP contribution in [0, 0.1) is 5.92 Å². The molecule has 1 unspecified atom stereocenters. The van der Waals surface area contributed by atoms with Crippen LogP contribution in [-0.4, -0.2) is 43.8 Å². The molecule has 82 valence electrons. The summed E-state index contributed by atoms with van der Waals surface area (Å²) in [6.45, 7) is 4.74. The summed E-state index contributed by atoms with van der Waals surface area (Å²) in [6.07, 6.45) is 0.554. The molecule has 4 heteroatoms. The molecule has 0 aromatic heterocycles. The van der Waals surface area contributed by atoms with Crippen LogP contribution in [0.1, 0.15) is 20.3 Å². The third-order valence-corrected chi connectivity index (χ3v) is 2.12. The summed E-state index contributed by atoms with van der Waals surface area (Å²) in [5, 5.41) is 2.59. The number of rotatable bonds is 6. The average Bonchev–Trinajstić information content (AvgIpc) is 2.15. The fourth-order valence-corrected chi connectivity index (χ4v) is 1.27. The molecule has 1 amide bonds. The van der Waals surface area contributed by atoms with Crippen LogP contribution < -0.4 is 5.32 Å². The van der Waals surface area contributed by atoms with Crippen LogP contribution in [0.2, 0.25) is 0 Å². The van der Waals surface area contributed by atoms with Gasteiger partial charge in [-0.25, -0.2) is 0 Å². The van der Waals surface area contributed by atoms with Gasteiger partial charge in [0.2, 0.25) is 5.91 Å². The molecule has 0 bridgehead atoms. The van der Waals surface area contributed by atoms with E-state index in [-0.39, 0.29) is 17.6 Å². The summed E-state index contributed by atoms with van der Waals surface area (Å²) in [5.74, 6) is 0.145. The molecule has 0 aliphatic rings. The van der Waals surface area contributed by atoms with Crippen LogP contribution in [0.25, 0.3) is 0 Å². The first-order valence-electron chi connectivity index (χ1n) is 4.93. The van der Waals surface area contributed by atoms with Crippen molar-refractivity contribution in [2.45, 2.75) is 20.3 Å².